The van der Waals surface area contributed by atoms with E-state index >= 15 is 0 Å². The lowest BCUT2D eigenvalue weighted by Crippen LogP contribution is -2.59. The van der Waals surface area contributed by atoms with Gasteiger partial charge in [-0.3, -0.25) is 28.9 Å². The van der Waals surface area contributed by atoms with Crippen molar-refractivity contribution in [1.82, 2.24) is 10.2 Å². The standard InChI is InChI=1S/C45H71ClN2O11/c1-3-4-6-13-42(59-43(52)19-18-39(49)11-10-25-55-28-29-57-32-33-58-31-30-56-27-26-54-2)40(50)12-9-23-48-24-20-38(35-45(48)21-7-5-8-22-45)47-44(53)41(51)34-36-14-16-37(46)17-15-36/h14-17,38,42H,3-13,18-35H2,1-2H3,(H,47,53). The third-order valence-electron chi connectivity index (χ3n) is 11.1. The van der Waals surface area contributed by atoms with E-state index in [4.69, 9.17) is 40.0 Å². The molecule has 1 aliphatic heterocycles. The maximum atomic E-state index is 13.5. The van der Waals surface area contributed by atoms with Crippen LogP contribution in [0.1, 0.15) is 122 Å². The molecule has 1 amide bonds. The van der Waals surface area contributed by atoms with Gasteiger partial charge in [-0.25, -0.2) is 0 Å². The highest BCUT2D eigenvalue weighted by Gasteiger charge is 2.43. The fraction of sp³-hybridized carbons (Fsp3) is 0.756. The predicted octanol–water partition coefficient (Wildman–Crippen LogP) is 6.42. The van der Waals surface area contributed by atoms with E-state index in [2.05, 4.69) is 17.1 Å². The van der Waals surface area contributed by atoms with Gasteiger partial charge in [0, 0.05) is 62.5 Å². The predicted molar refractivity (Wildman–Crippen MR) is 226 cm³/mol. The van der Waals surface area contributed by atoms with Crippen LogP contribution in [0.4, 0.5) is 0 Å². The number of hydrogen-bond acceptors (Lipinski definition) is 12. The second kappa shape index (κ2) is 30.3. The van der Waals surface area contributed by atoms with Gasteiger partial charge in [0.25, 0.3) is 5.91 Å². The smallest absolute Gasteiger partial charge is 0.306 e. The zero-order valence-corrected chi connectivity index (χ0v) is 36.5. The van der Waals surface area contributed by atoms with Gasteiger partial charge in [-0.15, -0.1) is 0 Å². The minimum absolute atomic E-state index is 0.0354. The highest BCUT2D eigenvalue weighted by Crippen LogP contribution is 2.41. The summed E-state index contributed by atoms with van der Waals surface area (Å²) >= 11 is 5.96. The summed E-state index contributed by atoms with van der Waals surface area (Å²) in [7, 11) is 1.63. The maximum Gasteiger partial charge on any atom is 0.306 e. The Morgan fingerprint density at radius 3 is 2.07 bits per heavy atom. The minimum Gasteiger partial charge on any atom is -0.454 e. The molecule has 59 heavy (non-hydrogen) atoms. The molecule has 1 saturated carbocycles. The number of likely N-dealkylation sites (tertiary alicyclic amines) is 1. The Morgan fingerprint density at radius 2 is 1.42 bits per heavy atom. The number of methoxy groups -OCH3 is 1. The largest absolute Gasteiger partial charge is 0.454 e. The summed E-state index contributed by atoms with van der Waals surface area (Å²) in [5, 5.41) is 3.62. The van der Waals surface area contributed by atoms with Gasteiger partial charge in [0.05, 0.1) is 59.3 Å². The molecule has 2 aliphatic rings. The molecule has 0 radical (unpaired) electrons. The van der Waals surface area contributed by atoms with E-state index in [-0.39, 0.29) is 42.4 Å². The number of carbonyl (C=O) groups is 5. The Labute approximate surface area is 357 Å². The number of ether oxygens (including phenoxy) is 6. The topological polar surface area (TPSA) is 156 Å². The molecule has 1 heterocycles. The number of piperidine rings is 1. The monoisotopic (exact) mass is 850 g/mol. The van der Waals surface area contributed by atoms with Gasteiger partial charge in [-0.2, -0.15) is 0 Å². The Kier molecular flexibility index (Phi) is 26.0. The van der Waals surface area contributed by atoms with Gasteiger partial charge < -0.3 is 33.7 Å². The number of esters is 1. The number of halogens is 1. The Hall–Kier alpha value is -2.78. The van der Waals surface area contributed by atoms with E-state index in [9.17, 15) is 24.0 Å². The van der Waals surface area contributed by atoms with E-state index in [1.54, 1.807) is 31.4 Å². The lowest BCUT2D eigenvalue weighted by molar-refractivity contribution is -0.156. The Bertz CT molecular complexity index is 1370. The molecular weight excluding hydrogens is 780 g/mol. The third kappa shape index (κ3) is 21.0. The molecule has 1 aliphatic carbocycles. The fourth-order valence-corrected chi connectivity index (χ4v) is 8.03. The number of carbonyl (C=O) groups excluding carboxylic acids is 5. The number of amides is 1. The first-order valence-electron chi connectivity index (χ1n) is 22.0. The normalized spacial score (nSPS) is 17.1. The summed E-state index contributed by atoms with van der Waals surface area (Å²) in [6.45, 7) is 7.94. The quantitative estimate of drug-likeness (QED) is 0.0472. The van der Waals surface area contributed by atoms with E-state index in [0.717, 1.165) is 76.4 Å². The summed E-state index contributed by atoms with van der Waals surface area (Å²) in [5.74, 6) is -1.62. The number of hydrogen-bond donors (Lipinski definition) is 1. The van der Waals surface area contributed by atoms with Crippen molar-refractivity contribution in [2.24, 2.45) is 0 Å². The van der Waals surface area contributed by atoms with Gasteiger partial charge in [0.15, 0.2) is 11.9 Å². The first-order valence-corrected chi connectivity index (χ1v) is 22.4. The second-order valence-electron chi connectivity index (χ2n) is 15.8. The second-order valence-corrected chi connectivity index (χ2v) is 16.2. The van der Waals surface area contributed by atoms with Crippen molar-refractivity contribution in [3.05, 3.63) is 34.9 Å². The van der Waals surface area contributed by atoms with Gasteiger partial charge in [0.1, 0.15) is 5.78 Å². The summed E-state index contributed by atoms with van der Waals surface area (Å²) in [6, 6.07) is 6.87. The maximum absolute atomic E-state index is 13.5. The summed E-state index contributed by atoms with van der Waals surface area (Å²) in [5.41, 5.74) is 0.676. The molecule has 334 valence electrons. The SMILES string of the molecule is CCCCCC(OC(=O)CCC(=O)CCCOCCOCCOCCOCCOC)C(=O)CCCN1CCC(NC(=O)C(=O)Cc2ccc(Cl)cc2)CC12CCCCC2. The molecule has 14 heteroatoms. The van der Waals surface area contributed by atoms with Crippen LogP contribution in [0.3, 0.4) is 0 Å². The number of nitrogens with zero attached hydrogens (tertiary/aromatic N) is 1. The van der Waals surface area contributed by atoms with Crippen LogP contribution in [0, 0.1) is 0 Å². The zero-order valence-electron chi connectivity index (χ0n) is 35.8. The number of benzene rings is 1. The van der Waals surface area contributed by atoms with Crippen molar-refractivity contribution in [1.29, 1.82) is 0 Å². The van der Waals surface area contributed by atoms with Crippen LogP contribution >= 0.6 is 11.6 Å². The molecule has 1 N–H and O–H groups in total. The molecule has 0 aromatic heterocycles. The Balaban J connectivity index is 1.33. The van der Waals surface area contributed by atoms with E-state index in [1.165, 1.54) is 6.42 Å². The van der Waals surface area contributed by atoms with Crippen molar-refractivity contribution in [3.8, 4) is 0 Å². The zero-order chi connectivity index (χ0) is 42.6. The Morgan fingerprint density at radius 1 is 0.780 bits per heavy atom. The van der Waals surface area contributed by atoms with Crippen LogP contribution in [-0.4, -0.2) is 131 Å². The summed E-state index contributed by atoms with van der Waals surface area (Å²) in [6.07, 6.45) is 11.2. The van der Waals surface area contributed by atoms with Crippen molar-refractivity contribution in [2.45, 2.75) is 140 Å². The van der Waals surface area contributed by atoms with Crippen molar-refractivity contribution in [3.63, 3.8) is 0 Å². The van der Waals surface area contributed by atoms with Crippen molar-refractivity contribution in [2.75, 3.05) is 79.7 Å². The molecule has 2 unspecified atom stereocenters. The van der Waals surface area contributed by atoms with Crippen LogP contribution in [0.15, 0.2) is 24.3 Å². The number of nitrogens with one attached hydrogen (secondary N) is 1. The summed E-state index contributed by atoms with van der Waals surface area (Å²) in [4.78, 5) is 67.0. The van der Waals surface area contributed by atoms with Crippen molar-refractivity contribution < 1.29 is 52.4 Å². The molecule has 1 aromatic rings. The molecular formula is C45H71ClN2O11. The van der Waals surface area contributed by atoms with Gasteiger partial charge in [-0.1, -0.05) is 62.8 Å². The van der Waals surface area contributed by atoms with Crippen LogP contribution in [0.5, 0.6) is 0 Å². The third-order valence-corrected chi connectivity index (χ3v) is 11.4. The minimum atomic E-state index is -0.804. The molecule has 3 rings (SSSR count). The van der Waals surface area contributed by atoms with Crippen LogP contribution in [0.2, 0.25) is 5.02 Å². The molecule has 2 fully saturated rings. The van der Waals surface area contributed by atoms with Crippen molar-refractivity contribution >= 4 is 40.8 Å². The van der Waals surface area contributed by atoms with Gasteiger partial charge in [0.2, 0.25) is 5.78 Å². The van der Waals surface area contributed by atoms with Crippen LogP contribution in [0.25, 0.3) is 0 Å². The first kappa shape index (κ1) is 50.6. The number of ketones is 3. The fourth-order valence-electron chi connectivity index (χ4n) is 7.90. The number of unbranched alkanes of at least 4 members (excludes halogenated alkanes) is 2. The molecule has 0 bridgehead atoms. The highest BCUT2D eigenvalue weighted by molar-refractivity contribution is 6.36. The summed E-state index contributed by atoms with van der Waals surface area (Å²) < 4.78 is 32.4. The lowest BCUT2D eigenvalue weighted by atomic mass is 9.73. The molecule has 2 atom stereocenters. The first-order chi connectivity index (χ1) is 28.7. The van der Waals surface area contributed by atoms with E-state index < -0.39 is 23.8 Å². The molecule has 1 spiro atoms. The number of Topliss-reactive ketones (excluding diaryl/α,β-unsaturated/α-hetero) is 3. The van der Waals surface area contributed by atoms with E-state index in [0.29, 0.717) is 96.6 Å². The highest BCUT2D eigenvalue weighted by atomic mass is 35.5. The van der Waals surface area contributed by atoms with Gasteiger partial charge in [-0.05, 0) is 75.6 Å². The molecule has 1 aromatic carbocycles. The van der Waals surface area contributed by atoms with Crippen LogP contribution in [-0.2, 0) is 58.8 Å². The van der Waals surface area contributed by atoms with Gasteiger partial charge >= 0.3 is 5.97 Å². The average Bonchev–Trinajstić information content (AvgIpc) is 3.23. The molecule has 13 nitrogen and oxygen atoms in total. The lowest BCUT2D eigenvalue weighted by Gasteiger charge is -2.52. The average molecular weight is 852 g/mol. The number of rotatable bonds is 33. The molecule has 1 saturated heterocycles. The van der Waals surface area contributed by atoms with Crippen LogP contribution < -0.4 is 5.32 Å². The van der Waals surface area contributed by atoms with E-state index in [1.807, 2.05) is 0 Å².